The molecular weight excluding hydrogens is 301 g/mol. The highest BCUT2D eigenvalue weighted by atomic mass is 16.7. The summed E-state index contributed by atoms with van der Waals surface area (Å²) in [6.45, 7) is 7.80. The van der Waals surface area contributed by atoms with Crippen LogP contribution in [-0.4, -0.2) is 50.3 Å². The summed E-state index contributed by atoms with van der Waals surface area (Å²) in [7, 11) is 2.11. The van der Waals surface area contributed by atoms with Gasteiger partial charge in [-0.05, 0) is 39.8 Å². The van der Waals surface area contributed by atoms with Crippen LogP contribution in [0.25, 0.3) is 0 Å². The van der Waals surface area contributed by atoms with Crippen LogP contribution in [0.4, 0.5) is 0 Å². The fourth-order valence-corrected chi connectivity index (χ4v) is 2.04. The van der Waals surface area contributed by atoms with Gasteiger partial charge in [-0.3, -0.25) is 0 Å². The van der Waals surface area contributed by atoms with Crippen LogP contribution in [0.15, 0.2) is 12.1 Å². The van der Waals surface area contributed by atoms with E-state index in [1.165, 1.54) is 14.2 Å². The van der Waals surface area contributed by atoms with Crippen molar-refractivity contribution in [1.82, 2.24) is 4.98 Å². The maximum atomic E-state index is 11.9. The number of methoxy groups -OCH3 is 2. The lowest BCUT2D eigenvalue weighted by Crippen LogP contribution is -2.41. The third-order valence-corrected chi connectivity index (χ3v) is 4.09. The Bertz CT molecular complexity index is 573. The minimum absolute atomic E-state index is 0.00150. The third kappa shape index (κ3) is 3.49. The van der Waals surface area contributed by atoms with E-state index in [1.54, 1.807) is 12.1 Å². The molecule has 2 heterocycles. The number of aromatic nitrogens is 1. The first-order valence-electron chi connectivity index (χ1n) is 7.28. The maximum Gasteiger partial charge on any atom is 0.514 e. The van der Waals surface area contributed by atoms with E-state index in [1.807, 2.05) is 27.7 Å². The van der Waals surface area contributed by atoms with Crippen molar-refractivity contribution in [1.29, 1.82) is 0 Å². The smallest absolute Gasteiger partial charge is 0.465 e. The standard InChI is InChI=1S/C15H22BNO6/c1-14(2)15(3,4)23-16(22-14)11-8-7-10(21-9-19-5)12(17-11)13(18)20-6/h7-8H,9H2,1-6H3. The van der Waals surface area contributed by atoms with Gasteiger partial charge in [0.25, 0.3) is 0 Å². The first kappa shape index (κ1) is 17.7. The number of esters is 1. The SMILES string of the molecule is COCOc1ccc(B2OC(C)(C)C(C)(C)O2)nc1C(=O)OC. The van der Waals surface area contributed by atoms with Crippen molar-refractivity contribution >= 4 is 18.7 Å². The molecule has 1 aliphatic rings. The largest absolute Gasteiger partial charge is 0.514 e. The number of hydrogen-bond acceptors (Lipinski definition) is 7. The number of carbonyl (C=O) groups is 1. The topological polar surface area (TPSA) is 76.1 Å². The van der Waals surface area contributed by atoms with E-state index in [2.05, 4.69) is 4.98 Å². The lowest BCUT2D eigenvalue weighted by Gasteiger charge is -2.32. The van der Waals surface area contributed by atoms with Crippen LogP contribution >= 0.6 is 0 Å². The Morgan fingerprint density at radius 2 is 1.78 bits per heavy atom. The van der Waals surface area contributed by atoms with Gasteiger partial charge in [0.15, 0.2) is 18.2 Å². The number of hydrogen-bond donors (Lipinski definition) is 0. The number of ether oxygens (including phenoxy) is 3. The van der Waals surface area contributed by atoms with Gasteiger partial charge < -0.3 is 23.5 Å². The van der Waals surface area contributed by atoms with E-state index >= 15 is 0 Å². The number of nitrogens with zero attached hydrogens (tertiary/aromatic N) is 1. The second-order valence-corrected chi connectivity index (χ2v) is 6.21. The van der Waals surface area contributed by atoms with Crippen LogP contribution in [0, 0.1) is 0 Å². The van der Waals surface area contributed by atoms with Crippen molar-refractivity contribution in [3.8, 4) is 5.75 Å². The van der Waals surface area contributed by atoms with Crippen molar-refractivity contribution in [2.45, 2.75) is 38.9 Å². The Labute approximate surface area is 136 Å². The normalized spacial score (nSPS) is 18.8. The zero-order valence-electron chi connectivity index (χ0n) is 14.3. The summed E-state index contributed by atoms with van der Waals surface area (Å²) in [6, 6.07) is 3.32. The van der Waals surface area contributed by atoms with Crippen LogP contribution in [0.1, 0.15) is 38.2 Å². The number of pyridine rings is 1. The highest BCUT2D eigenvalue weighted by Gasteiger charge is 2.52. The lowest BCUT2D eigenvalue weighted by molar-refractivity contribution is 0.00578. The Morgan fingerprint density at radius 1 is 1.17 bits per heavy atom. The molecule has 1 aromatic heterocycles. The molecule has 0 atom stereocenters. The highest BCUT2D eigenvalue weighted by Crippen LogP contribution is 2.36. The van der Waals surface area contributed by atoms with Gasteiger partial charge in [-0.2, -0.15) is 0 Å². The van der Waals surface area contributed by atoms with E-state index in [9.17, 15) is 4.79 Å². The number of carbonyl (C=O) groups excluding carboxylic acids is 1. The Kier molecular flexibility index (Phi) is 4.98. The minimum Gasteiger partial charge on any atom is -0.465 e. The molecule has 1 aromatic rings. The summed E-state index contributed by atoms with van der Waals surface area (Å²) in [5.74, 6) is -0.326. The van der Waals surface area contributed by atoms with Crippen LogP contribution < -0.4 is 10.3 Å². The Hall–Kier alpha value is -1.64. The molecule has 0 amide bonds. The van der Waals surface area contributed by atoms with Crippen LogP contribution in [-0.2, 0) is 18.8 Å². The molecule has 1 aliphatic heterocycles. The zero-order valence-corrected chi connectivity index (χ0v) is 14.3. The molecule has 0 bridgehead atoms. The summed E-state index contributed by atoms with van der Waals surface area (Å²) in [4.78, 5) is 16.2. The van der Waals surface area contributed by atoms with E-state index < -0.39 is 24.3 Å². The Balaban J connectivity index is 2.33. The van der Waals surface area contributed by atoms with Crippen molar-refractivity contribution in [2.75, 3.05) is 21.0 Å². The summed E-state index contributed by atoms with van der Waals surface area (Å²) in [5.41, 5.74) is -0.447. The molecule has 1 fully saturated rings. The van der Waals surface area contributed by atoms with E-state index in [0.717, 1.165) is 0 Å². The van der Waals surface area contributed by atoms with Crippen molar-refractivity contribution in [3.05, 3.63) is 17.8 Å². The molecule has 0 unspecified atom stereocenters. The molecule has 0 saturated carbocycles. The molecule has 23 heavy (non-hydrogen) atoms. The second-order valence-electron chi connectivity index (χ2n) is 6.21. The van der Waals surface area contributed by atoms with Crippen molar-refractivity contribution < 1.29 is 28.3 Å². The molecule has 126 valence electrons. The van der Waals surface area contributed by atoms with Gasteiger partial charge in [-0.1, -0.05) is 0 Å². The molecule has 0 spiro atoms. The second kappa shape index (κ2) is 6.47. The average Bonchev–Trinajstić information content (AvgIpc) is 2.72. The van der Waals surface area contributed by atoms with Gasteiger partial charge in [-0.25, -0.2) is 9.78 Å². The van der Waals surface area contributed by atoms with Gasteiger partial charge >= 0.3 is 13.1 Å². The molecule has 0 aliphatic carbocycles. The summed E-state index contributed by atoms with van der Waals surface area (Å²) >= 11 is 0. The van der Waals surface area contributed by atoms with Crippen LogP contribution in [0.2, 0.25) is 0 Å². The van der Waals surface area contributed by atoms with Crippen LogP contribution in [0.3, 0.4) is 0 Å². The summed E-state index contributed by atoms with van der Waals surface area (Å²) < 4.78 is 26.8. The van der Waals surface area contributed by atoms with Crippen LogP contribution in [0.5, 0.6) is 5.75 Å². The molecular formula is C15H22BNO6. The predicted molar refractivity (Wildman–Crippen MR) is 83.8 cm³/mol. The quantitative estimate of drug-likeness (QED) is 0.457. The molecule has 2 rings (SSSR count). The van der Waals surface area contributed by atoms with Crippen molar-refractivity contribution in [3.63, 3.8) is 0 Å². The predicted octanol–water partition coefficient (Wildman–Crippen LogP) is 1.15. The average molecular weight is 323 g/mol. The molecule has 7 nitrogen and oxygen atoms in total. The van der Waals surface area contributed by atoms with E-state index in [-0.39, 0.29) is 18.2 Å². The number of rotatable bonds is 5. The van der Waals surface area contributed by atoms with E-state index in [4.69, 9.17) is 23.5 Å². The molecule has 1 saturated heterocycles. The van der Waals surface area contributed by atoms with Gasteiger partial charge in [0, 0.05) is 7.11 Å². The molecule has 0 radical (unpaired) electrons. The zero-order chi connectivity index (χ0) is 17.3. The maximum absolute atomic E-state index is 11.9. The fourth-order valence-electron chi connectivity index (χ4n) is 2.04. The van der Waals surface area contributed by atoms with Gasteiger partial charge in [0.2, 0.25) is 0 Å². The third-order valence-electron chi connectivity index (χ3n) is 4.09. The summed E-state index contributed by atoms with van der Waals surface area (Å²) in [5, 5.41) is 0. The Morgan fingerprint density at radius 3 is 2.30 bits per heavy atom. The van der Waals surface area contributed by atoms with E-state index in [0.29, 0.717) is 5.59 Å². The van der Waals surface area contributed by atoms with Crippen molar-refractivity contribution in [2.24, 2.45) is 0 Å². The molecule has 0 N–H and O–H groups in total. The lowest BCUT2D eigenvalue weighted by atomic mass is 9.84. The molecule has 0 aromatic carbocycles. The van der Waals surface area contributed by atoms with Gasteiger partial charge in [-0.15, -0.1) is 0 Å². The van der Waals surface area contributed by atoms with Gasteiger partial charge in [0.05, 0.1) is 23.9 Å². The monoisotopic (exact) mass is 323 g/mol. The van der Waals surface area contributed by atoms with Gasteiger partial charge in [0.1, 0.15) is 0 Å². The summed E-state index contributed by atoms with van der Waals surface area (Å²) in [6.07, 6.45) is 0. The highest BCUT2D eigenvalue weighted by molar-refractivity contribution is 6.61. The minimum atomic E-state index is -0.667. The first-order chi connectivity index (χ1) is 10.7. The first-order valence-corrected chi connectivity index (χ1v) is 7.28. The fraction of sp³-hybridized carbons (Fsp3) is 0.600. The molecule has 8 heteroatoms.